The van der Waals surface area contributed by atoms with Crippen LogP contribution in [0.1, 0.15) is 20.3 Å². The fourth-order valence-corrected chi connectivity index (χ4v) is 5.63. The first kappa shape index (κ1) is 24.8. The van der Waals surface area contributed by atoms with E-state index < -0.39 is 22.0 Å². The first-order valence-corrected chi connectivity index (χ1v) is 13.4. The molecule has 0 aliphatic carbocycles. The van der Waals surface area contributed by atoms with E-state index in [4.69, 9.17) is 4.74 Å². The Hall–Kier alpha value is -3.34. The van der Waals surface area contributed by atoms with Crippen LogP contribution in [0.2, 0.25) is 0 Å². The van der Waals surface area contributed by atoms with Gasteiger partial charge in [-0.15, -0.1) is 10.2 Å². The molecule has 0 radical (unpaired) electrons. The number of methoxy groups -OCH3 is 1. The maximum Gasteiger partial charge on any atom is 0.244 e. The maximum absolute atomic E-state index is 13.2. The third-order valence-corrected chi connectivity index (χ3v) is 8.13. The number of benzene rings is 3. The Balaban J connectivity index is 1.53. The molecule has 2 atom stereocenters. The Morgan fingerprint density at radius 3 is 2.43 bits per heavy atom. The van der Waals surface area contributed by atoms with Crippen LogP contribution in [0.4, 0.5) is 5.13 Å². The van der Waals surface area contributed by atoms with E-state index in [0.29, 0.717) is 16.6 Å². The number of hydrogen-bond donors (Lipinski definition) is 2. The van der Waals surface area contributed by atoms with Crippen LogP contribution in [0.15, 0.2) is 71.6 Å². The molecule has 1 amide bonds. The van der Waals surface area contributed by atoms with E-state index >= 15 is 0 Å². The van der Waals surface area contributed by atoms with Crippen molar-refractivity contribution >= 4 is 43.2 Å². The Bertz CT molecular complexity index is 1440. The molecule has 0 aliphatic rings. The first-order chi connectivity index (χ1) is 16.8. The largest absolute Gasteiger partial charge is 0.497 e. The topological polar surface area (TPSA) is 110 Å². The van der Waals surface area contributed by atoms with Gasteiger partial charge in [0.25, 0.3) is 0 Å². The molecule has 182 valence electrons. The molecule has 4 rings (SSSR count). The van der Waals surface area contributed by atoms with Crippen molar-refractivity contribution < 1.29 is 17.9 Å². The molecular weight excluding hydrogens is 484 g/mol. The molecule has 0 spiro atoms. The quantitative estimate of drug-likeness (QED) is 0.338. The number of fused-ring (bicyclic) bond motifs is 1. The van der Waals surface area contributed by atoms with Gasteiger partial charge in [0.05, 0.1) is 12.0 Å². The van der Waals surface area contributed by atoms with Crippen molar-refractivity contribution in [2.24, 2.45) is 5.92 Å². The lowest BCUT2D eigenvalue weighted by atomic mass is 9.99. The van der Waals surface area contributed by atoms with Crippen LogP contribution < -0.4 is 14.8 Å². The zero-order chi connectivity index (χ0) is 25.0. The van der Waals surface area contributed by atoms with Crippen LogP contribution in [-0.2, 0) is 14.8 Å². The second-order valence-electron chi connectivity index (χ2n) is 8.12. The second-order valence-corrected chi connectivity index (χ2v) is 10.8. The van der Waals surface area contributed by atoms with Gasteiger partial charge < -0.3 is 4.74 Å². The van der Waals surface area contributed by atoms with Gasteiger partial charge in [-0.25, -0.2) is 8.42 Å². The highest BCUT2D eigenvalue weighted by Gasteiger charge is 2.30. The summed E-state index contributed by atoms with van der Waals surface area (Å²) < 4.78 is 34.1. The number of hydrogen-bond acceptors (Lipinski definition) is 7. The Morgan fingerprint density at radius 1 is 1.03 bits per heavy atom. The summed E-state index contributed by atoms with van der Waals surface area (Å²) in [5.74, 6) is -0.0118. The molecule has 0 aliphatic heterocycles. The second kappa shape index (κ2) is 10.5. The number of carbonyl (C=O) groups is 1. The number of carbonyl (C=O) groups excluding carboxylic acids is 1. The van der Waals surface area contributed by atoms with Crippen molar-refractivity contribution in [2.45, 2.75) is 31.2 Å². The van der Waals surface area contributed by atoms with E-state index in [1.807, 2.05) is 62.4 Å². The average molecular weight is 511 g/mol. The first-order valence-electron chi connectivity index (χ1n) is 11.1. The number of aromatic nitrogens is 2. The minimum atomic E-state index is -3.94. The third-order valence-electron chi connectivity index (χ3n) is 5.80. The van der Waals surface area contributed by atoms with E-state index in [1.165, 1.54) is 11.3 Å². The highest BCUT2D eigenvalue weighted by Crippen LogP contribution is 2.28. The predicted molar refractivity (Wildman–Crippen MR) is 138 cm³/mol. The molecule has 35 heavy (non-hydrogen) atoms. The van der Waals surface area contributed by atoms with Crippen molar-refractivity contribution in [1.82, 2.24) is 14.9 Å². The molecule has 3 aromatic carbocycles. The number of anilines is 1. The van der Waals surface area contributed by atoms with Crippen LogP contribution in [0.3, 0.4) is 0 Å². The van der Waals surface area contributed by atoms with Gasteiger partial charge in [0.15, 0.2) is 0 Å². The van der Waals surface area contributed by atoms with Gasteiger partial charge in [0, 0.05) is 5.56 Å². The minimum Gasteiger partial charge on any atom is -0.497 e. The summed E-state index contributed by atoms with van der Waals surface area (Å²) in [6.45, 7) is 3.73. The van der Waals surface area contributed by atoms with E-state index in [-0.39, 0.29) is 10.8 Å². The van der Waals surface area contributed by atoms with Crippen LogP contribution in [0.25, 0.3) is 21.3 Å². The lowest BCUT2D eigenvalue weighted by Gasteiger charge is -2.23. The van der Waals surface area contributed by atoms with Crippen LogP contribution >= 0.6 is 11.3 Å². The molecule has 0 fully saturated rings. The molecule has 2 N–H and O–H groups in total. The standard InChI is InChI=1S/C25H26N4O4S2/c1-4-16(2)22(29-35(31,32)21-14-11-17-7-5-6-8-19(17)15-21)23(30)26-25-28-27-24(34-25)18-9-12-20(33-3)13-10-18/h5-16,22,29H,4H2,1-3H3,(H,26,28,30). The molecule has 8 nitrogen and oxygen atoms in total. The zero-order valence-electron chi connectivity index (χ0n) is 19.6. The number of sulfonamides is 1. The van der Waals surface area contributed by atoms with E-state index in [0.717, 1.165) is 22.1 Å². The molecule has 0 saturated carbocycles. The number of nitrogens with zero attached hydrogens (tertiary/aromatic N) is 2. The summed E-state index contributed by atoms with van der Waals surface area (Å²) in [5.41, 5.74) is 0.833. The van der Waals surface area contributed by atoms with Gasteiger partial charge in [-0.1, -0.05) is 61.9 Å². The summed E-state index contributed by atoms with van der Waals surface area (Å²) in [6, 6.07) is 18.8. The van der Waals surface area contributed by atoms with Gasteiger partial charge in [0.1, 0.15) is 16.8 Å². The third kappa shape index (κ3) is 5.67. The van der Waals surface area contributed by atoms with Crippen molar-refractivity contribution in [3.05, 3.63) is 66.7 Å². The van der Waals surface area contributed by atoms with E-state index in [2.05, 4.69) is 20.2 Å². The zero-order valence-corrected chi connectivity index (χ0v) is 21.2. The summed E-state index contributed by atoms with van der Waals surface area (Å²) in [7, 11) is -2.35. The predicted octanol–water partition coefficient (Wildman–Crippen LogP) is 4.70. The van der Waals surface area contributed by atoms with E-state index in [1.54, 1.807) is 25.3 Å². The van der Waals surface area contributed by atoms with Gasteiger partial charge in [-0.3, -0.25) is 10.1 Å². The average Bonchev–Trinajstić information content (AvgIpc) is 3.34. The summed E-state index contributed by atoms with van der Waals surface area (Å²) in [5, 5.41) is 13.6. The van der Waals surface area contributed by atoms with Crippen molar-refractivity contribution in [3.8, 4) is 16.3 Å². The summed E-state index contributed by atoms with van der Waals surface area (Å²) in [4.78, 5) is 13.3. The Morgan fingerprint density at radius 2 is 1.74 bits per heavy atom. The molecule has 0 bridgehead atoms. The van der Waals surface area contributed by atoms with Crippen LogP contribution in [0.5, 0.6) is 5.75 Å². The fourth-order valence-electron chi connectivity index (χ4n) is 3.54. The molecule has 1 heterocycles. The summed E-state index contributed by atoms with van der Waals surface area (Å²) in [6.07, 6.45) is 0.603. The van der Waals surface area contributed by atoms with Gasteiger partial charge in [-0.05, 0) is 53.1 Å². The Kier molecular flexibility index (Phi) is 7.44. The highest BCUT2D eigenvalue weighted by molar-refractivity contribution is 7.89. The normalized spacial score (nSPS) is 13.3. The van der Waals surface area contributed by atoms with Crippen molar-refractivity contribution in [3.63, 3.8) is 0 Å². The Labute approximate surface area is 208 Å². The molecule has 1 aromatic heterocycles. The SMILES string of the molecule is CCC(C)C(NS(=O)(=O)c1ccc2ccccc2c1)C(=O)Nc1nnc(-c2ccc(OC)cc2)s1. The van der Waals surface area contributed by atoms with Crippen LogP contribution in [-0.4, -0.2) is 37.7 Å². The van der Waals surface area contributed by atoms with E-state index in [9.17, 15) is 13.2 Å². The van der Waals surface area contributed by atoms with Gasteiger partial charge in [0.2, 0.25) is 21.1 Å². The van der Waals surface area contributed by atoms with Crippen molar-refractivity contribution in [2.75, 3.05) is 12.4 Å². The van der Waals surface area contributed by atoms with Gasteiger partial charge in [-0.2, -0.15) is 4.72 Å². The fraction of sp³-hybridized carbons (Fsp3) is 0.240. The summed E-state index contributed by atoms with van der Waals surface area (Å²) >= 11 is 1.21. The number of amides is 1. The van der Waals surface area contributed by atoms with Crippen LogP contribution in [0, 0.1) is 5.92 Å². The number of rotatable bonds is 9. The molecule has 2 unspecified atom stereocenters. The van der Waals surface area contributed by atoms with Gasteiger partial charge >= 0.3 is 0 Å². The molecular formula is C25H26N4O4S2. The lowest BCUT2D eigenvalue weighted by molar-refractivity contribution is -0.118. The highest BCUT2D eigenvalue weighted by atomic mass is 32.2. The molecule has 0 saturated heterocycles. The number of ether oxygens (including phenoxy) is 1. The van der Waals surface area contributed by atoms with Crippen molar-refractivity contribution in [1.29, 1.82) is 0 Å². The smallest absolute Gasteiger partial charge is 0.244 e. The molecule has 10 heteroatoms. The molecule has 4 aromatic rings. The lowest BCUT2D eigenvalue weighted by Crippen LogP contribution is -2.47. The minimum absolute atomic E-state index is 0.106. The maximum atomic E-state index is 13.2. The monoisotopic (exact) mass is 510 g/mol. The number of nitrogens with one attached hydrogen (secondary N) is 2.